The van der Waals surface area contributed by atoms with Gasteiger partial charge in [0.1, 0.15) is 5.75 Å². The Kier molecular flexibility index (Phi) is 3.89. The number of hydrogen-bond acceptors (Lipinski definition) is 4. The second-order valence-corrected chi connectivity index (χ2v) is 6.39. The fraction of sp³-hybridized carbons (Fsp3) is 0.500. The molecule has 2 atom stereocenters. The largest absolute Gasteiger partial charge is 0.495 e. The van der Waals surface area contributed by atoms with E-state index >= 15 is 0 Å². The Bertz CT molecular complexity index is 506. The molecule has 3 rings (SSSR count). The molecule has 0 saturated heterocycles. The highest BCUT2D eigenvalue weighted by atomic mass is 35.5. The van der Waals surface area contributed by atoms with Gasteiger partial charge in [0.15, 0.2) is 5.17 Å². The van der Waals surface area contributed by atoms with Crippen molar-refractivity contribution in [1.29, 1.82) is 0 Å². The smallest absolute Gasteiger partial charge is 0.161 e. The van der Waals surface area contributed by atoms with Crippen LogP contribution in [0.3, 0.4) is 0 Å². The molecule has 0 spiro atoms. The third-order valence-electron chi connectivity index (χ3n) is 3.74. The van der Waals surface area contributed by atoms with Crippen molar-refractivity contribution in [1.82, 2.24) is 0 Å². The Morgan fingerprint density at radius 3 is 3.11 bits per heavy atom. The van der Waals surface area contributed by atoms with Gasteiger partial charge in [-0.1, -0.05) is 29.8 Å². The highest BCUT2D eigenvalue weighted by molar-refractivity contribution is 8.14. The van der Waals surface area contributed by atoms with Gasteiger partial charge in [0.2, 0.25) is 0 Å². The third kappa shape index (κ3) is 2.84. The van der Waals surface area contributed by atoms with E-state index in [-0.39, 0.29) is 0 Å². The van der Waals surface area contributed by atoms with Gasteiger partial charge in [-0.25, -0.2) is 0 Å². The van der Waals surface area contributed by atoms with Crippen molar-refractivity contribution in [3.05, 3.63) is 23.2 Å². The van der Waals surface area contributed by atoms with Crippen molar-refractivity contribution in [2.24, 2.45) is 10.9 Å². The van der Waals surface area contributed by atoms with Gasteiger partial charge in [0.25, 0.3) is 0 Å². The van der Waals surface area contributed by atoms with Crippen LogP contribution in [0, 0.1) is 5.92 Å². The molecule has 1 aromatic rings. The summed E-state index contributed by atoms with van der Waals surface area (Å²) in [6.45, 7) is 0. The average molecular weight is 297 g/mol. The maximum absolute atomic E-state index is 6.12. The summed E-state index contributed by atoms with van der Waals surface area (Å²) in [5.41, 5.74) is 0.966. The van der Waals surface area contributed by atoms with Gasteiger partial charge in [-0.05, 0) is 37.0 Å². The molecule has 1 N–H and O–H groups in total. The van der Waals surface area contributed by atoms with Crippen LogP contribution in [-0.4, -0.2) is 24.1 Å². The van der Waals surface area contributed by atoms with Crippen LogP contribution in [0.4, 0.5) is 5.69 Å². The number of methoxy groups -OCH3 is 1. The lowest BCUT2D eigenvalue weighted by atomic mass is 10.1. The molecule has 5 heteroatoms. The second-order valence-electron chi connectivity index (χ2n) is 4.98. The van der Waals surface area contributed by atoms with Gasteiger partial charge in [-0.15, -0.1) is 0 Å². The first-order valence-electron chi connectivity index (χ1n) is 6.57. The molecule has 1 aliphatic carbocycles. The molecule has 102 valence electrons. The monoisotopic (exact) mass is 296 g/mol. The van der Waals surface area contributed by atoms with E-state index in [1.807, 2.05) is 30.0 Å². The van der Waals surface area contributed by atoms with Crippen molar-refractivity contribution < 1.29 is 4.74 Å². The highest BCUT2D eigenvalue weighted by Crippen LogP contribution is 2.36. The molecular weight excluding hydrogens is 280 g/mol. The fourth-order valence-corrected chi connectivity index (χ4v) is 4.11. The molecule has 19 heavy (non-hydrogen) atoms. The Balaban J connectivity index is 1.73. The number of nitrogens with one attached hydrogen (secondary N) is 1. The summed E-state index contributed by atoms with van der Waals surface area (Å²) in [5, 5.41) is 4.99. The van der Waals surface area contributed by atoms with Gasteiger partial charge < -0.3 is 10.1 Å². The number of rotatable bonds is 2. The Hall–Kier alpha value is -0.870. The molecule has 0 aromatic heterocycles. The third-order valence-corrected chi connectivity index (χ3v) is 5.11. The van der Waals surface area contributed by atoms with Gasteiger partial charge in [0.05, 0.1) is 18.2 Å². The molecular formula is C14H17ClN2OS. The first-order valence-corrected chi connectivity index (χ1v) is 7.94. The van der Waals surface area contributed by atoms with Crippen molar-refractivity contribution >= 4 is 34.2 Å². The van der Waals surface area contributed by atoms with E-state index in [4.69, 9.17) is 21.3 Å². The van der Waals surface area contributed by atoms with Crippen LogP contribution in [0.1, 0.15) is 19.3 Å². The molecule has 1 heterocycles. The zero-order chi connectivity index (χ0) is 13.2. The molecule has 3 nitrogen and oxygen atoms in total. The summed E-state index contributed by atoms with van der Waals surface area (Å²) < 4.78 is 5.15. The zero-order valence-corrected chi connectivity index (χ0v) is 12.4. The van der Waals surface area contributed by atoms with E-state index in [1.165, 1.54) is 25.0 Å². The van der Waals surface area contributed by atoms with Gasteiger partial charge in [0, 0.05) is 11.4 Å². The van der Waals surface area contributed by atoms with E-state index in [9.17, 15) is 0 Å². The number of hydrogen-bond donors (Lipinski definition) is 1. The fourth-order valence-electron chi connectivity index (χ4n) is 2.69. The summed E-state index contributed by atoms with van der Waals surface area (Å²) >= 11 is 7.94. The van der Waals surface area contributed by atoms with Crippen LogP contribution in [0.5, 0.6) is 5.75 Å². The lowest BCUT2D eigenvalue weighted by molar-refractivity contribution is 0.415. The molecule has 2 aliphatic rings. The van der Waals surface area contributed by atoms with Crippen LogP contribution in [0.2, 0.25) is 5.02 Å². The normalized spacial score (nSPS) is 25.7. The minimum Gasteiger partial charge on any atom is -0.495 e. The Labute approximate surface area is 122 Å². The Morgan fingerprint density at radius 1 is 1.42 bits per heavy atom. The average Bonchev–Trinajstić information content (AvgIpc) is 2.86. The first kappa shape index (κ1) is 13.1. The second kappa shape index (κ2) is 5.63. The quantitative estimate of drug-likeness (QED) is 0.894. The minimum absolute atomic E-state index is 0.525. The molecule has 0 radical (unpaired) electrons. The molecule has 1 aliphatic heterocycles. The number of amidine groups is 1. The zero-order valence-electron chi connectivity index (χ0n) is 10.9. The SMILES string of the molecule is COc1ccc(NC2=NC3CCCC3CS2)cc1Cl. The number of anilines is 1. The summed E-state index contributed by atoms with van der Waals surface area (Å²) in [6.07, 6.45) is 3.89. The predicted octanol–water partition coefficient (Wildman–Crippen LogP) is 4.03. The summed E-state index contributed by atoms with van der Waals surface area (Å²) in [7, 11) is 1.62. The van der Waals surface area contributed by atoms with Gasteiger partial charge in [-0.3, -0.25) is 4.99 Å². The molecule has 0 amide bonds. The van der Waals surface area contributed by atoms with E-state index in [1.54, 1.807) is 7.11 Å². The molecule has 0 bridgehead atoms. The lowest BCUT2D eigenvalue weighted by Gasteiger charge is -2.23. The van der Waals surface area contributed by atoms with Crippen LogP contribution >= 0.6 is 23.4 Å². The number of nitrogens with zero attached hydrogens (tertiary/aromatic N) is 1. The van der Waals surface area contributed by atoms with E-state index in [0.29, 0.717) is 16.8 Å². The van der Waals surface area contributed by atoms with Crippen molar-refractivity contribution in [2.45, 2.75) is 25.3 Å². The van der Waals surface area contributed by atoms with Gasteiger partial charge >= 0.3 is 0 Å². The van der Waals surface area contributed by atoms with Crippen molar-refractivity contribution in [3.63, 3.8) is 0 Å². The standard InChI is InChI=1S/C14H17ClN2OS/c1-18-13-6-5-10(7-11(13)15)16-14-17-12-4-2-3-9(12)8-19-14/h5-7,9,12H,2-4,8H2,1H3,(H,16,17). The minimum atomic E-state index is 0.525. The first-order chi connectivity index (χ1) is 9.26. The van der Waals surface area contributed by atoms with E-state index < -0.39 is 0 Å². The maximum Gasteiger partial charge on any atom is 0.161 e. The van der Waals surface area contributed by atoms with Crippen molar-refractivity contribution in [2.75, 3.05) is 18.2 Å². The molecule has 1 fully saturated rings. The van der Waals surface area contributed by atoms with E-state index in [2.05, 4.69) is 5.32 Å². The number of aliphatic imine (C=N–C) groups is 1. The van der Waals surface area contributed by atoms with E-state index in [0.717, 1.165) is 16.8 Å². The van der Waals surface area contributed by atoms with Crippen LogP contribution < -0.4 is 10.1 Å². The number of halogens is 1. The number of benzene rings is 1. The van der Waals surface area contributed by atoms with Gasteiger partial charge in [-0.2, -0.15) is 0 Å². The number of ether oxygens (including phenoxy) is 1. The number of thioether (sulfide) groups is 1. The van der Waals surface area contributed by atoms with Crippen molar-refractivity contribution in [3.8, 4) is 5.75 Å². The lowest BCUT2D eigenvalue weighted by Crippen LogP contribution is -2.25. The molecule has 1 saturated carbocycles. The van der Waals surface area contributed by atoms with Crippen LogP contribution in [0.15, 0.2) is 23.2 Å². The highest BCUT2D eigenvalue weighted by Gasteiger charge is 2.30. The maximum atomic E-state index is 6.12. The van der Waals surface area contributed by atoms with Crippen LogP contribution in [-0.2, 0) is 0 Å². The number of fused-ring (bicyclic) bond motifs is 1. The Morgan fingerprint density at radius 2 is 2.32 bits per heavy atom. The van der Waals surface area contributed by atoms with Crippen LogP contribution in [0.25, 0.3) is 0 Å². The molecule has 2 unspecified atom stereocenters. The summed E-state index contributed by atoms with van der Waals surface area (Å²) in [4.78, 5) is 4.81. The summed E-state index contributed by atoms with van der Waals surface area (Å²) in [5.74, 6) is 2.66. The predicted molar refractivity (Wildman–Crippen MR) is 82.6 cm³/mol. The summed E-state index contributed by atoms with van der Waals surface area (Å²) in [6, 6.07) is 6.24. The topological polar surface area (TPSA) is 33.6 Å². The molecule has 1 aromatic carbocycles.